The molecule has 0 aliphatic carbocycles. The van der Waals surface area contributed by atoms with Crippen molar-refractivity contribution in [2.75, 3.05) is 19.5 Å². The van der Waals surface area contributed by atoms with Gasteiger partial charge in [0, 0.05) is 18.7 Å². The Morgan fingerprint density at radius 3 is 2.56 bits per heavy atom. The molecule has 4 nitrogen and oxygen atoms in total. The first-order valence-electron chi connectivity index (χ1n) is 5.82. The van der Waals surface area contributed by atoms with Crippen molar-refractivity contribution in [3.05, 3.63) is 35.7 Å². The van der Waals surface area contributed by atoms with Crippen LogP contribution in [0.25, 0.3) is 11.3 Å². The van der Waals surface area contributed by atoms with E-state index in [0.29, 0.717) is 0 Å². The SMILES string of the molecule is CNc1cc(-c2cc(C)ccc2OC)nc(C)n1. The Hall–Kier alpha value is -2.10. The first kappa shape index (κ1) is 12.4. The van der Waals surface area contributed by atoms with Crippen molar-refractivity contribution in [3.63, 3.8) is 0 Å². The van der Waals surface area contributed by atoms with Crippen LogP contribution in [0.15, 0.2) is 24.3 Å². The highest BCUT2D eigenvalue weighted by atomic mass is 16.5. The number of nitrogens with one attached hydrogen (secondary N) is 1. The molecule has 1 N–H and O–H groups in total. The minimum atomic E-state index is 0.736. The molecule has 0 spiro atoms. The number of hydrogen-bond donors (Lipinski definition) is 1. The topological polar surface area (TPSA) is 47.0 Å². The molecule has 0 bridgehead atoms. The number of aromatic nitrogens is 2. The summed E-state index contributed by atoms with van der Waals surface area (Å²) in [5.74, 6) is 2.36. The van der Waals surface area contributed by atoms with Crippen LogP contribution in [-0.2, 0) is 0 Å². The summed E-state index contributed by atoms with van der Waals surface area (Å²) in [5, 5.41) is 3.04. The van der Waals surface area contributed by atoms with E-state index in [1.54, 1.807) is 7.11 Å². The third-order valence-electron chi connectivity index (χ3n) is 2.73. The maximum absolute atomic E-state index is 5.39. The van der Waals surface area contributed by atoms with Gasteiger partial charge in [0.05, 0.1) is 12.8 Å². The van der Waals surface area contributed by atoms with Gasteiger partial charge in [-0.3, -0.25) is 0 Å². The normalized spacial score (nSPS) is 10.2. The Balaban J connectivity index is 2.60. The molecule has 1 aromatic heterocycles. The number of ether oxygens (including phenoxy) is 1. The number of benzene rings is 1. The van der Waals surface area contributed by atoms with E-state index in [1.165, 1.54) is 5.56 Å². The molecule has 18 heavy (non-hydrogen) atoms. The predicted molar refractivity (Wildman–Crippen MR) is 73.0 cm³/mol. The van der Waals surface area contributed by atoms with Gasteiger partial charge in [0.25, 0.3) is 0 Å². The van der Waals surface area contributed by atoms with Crippen LogP contribution in [-0.4, -0.2) is 24.1 Å². The summed E-state index contributed by atoms with van der Waals surface area (Å²) >= 11 is 0. The molecule has 2 aromatic rings. The highest BCUT2D eigenvalue weighted by molar-refractivity contribution is 5.70. The summed E-state index contributed by atoms with van der Waals surface area (Å²) in [7, 11) is 3.51. The van der Waals surface area contributed by atoms with E-state index in [-0.39, 0.29) is 0 Å². The molecule has 1 aromatic carbocycles. The lowest BCUT2D eigenvalue weighted by Crippen LogP contribution is -1.99. The van der Waals surface area contributed by atoms with Crippen molar-refractivity contribution in [2.24, 2.45) is 0 Å². The molecule has 1 heterocycles. The van der Waals surface area contributed by atoms with Crippen molar-refractivity contribution in [1.29, 1.82) is 0 Å². The average Bonchev–Trinajstić information content (AvgIpc) is 2.38. The Morgan fingerprint density at radius 1 is 1.11 bits per heavy atom. The first-order chi connectivity index (χ1) is 8.63. The summed E-state index contributed by atoms with van der Waals surface area (Å²) < 4.78 is 5.39. The molecule has 0 aliphatic rings. The maximum Gasteiger partial charge on any atom is 0.130 e. The third-order valence-corrected chi connectivity index (χ3v) is 2.73. The lowest BCUT2D eigenvalue weighted by molar-refractivity contribution is 0.416. The number of nitrogens with zero attached hydrogens (tertiary/aromatic N) is 2. The van der Waals surface area contributed by atoms with Crippen LogP contribution in [0.1, 0.15) is 11.4 Å². The highest BCUT2D eigenvalue weighted by Crippen LogP contribution is 2.30. The summed E-state index contributed by atoms with van der Waals surface area (Å²) in [6.45, 7) is 3.93. The van der Waals surface area contributed by atoms with Gasteiger partial charge in [-0.2, -0.15) is 0 Å². The van der Waals surface area contributed by atoms with E-state index in [9.17, 15) is 0 Å². The minimum Gasteiger partial charge on any atom is -0.496 e. The standard InChI is InChI=1S/C14H17N3O/c1-9-5-6-13(18-4)11(7-9)12-8-14(15-3)17-10(2)16-12/h5-8H,1-4H3,(H,15,16,17). The van der Waals surface area contributed by atoms with Crippen molar-refractivity contribution in [1.82, 2.24) is 9.97 Å². The lowest BCUT2D eigenvalue weighted by atomic mass is 10.1. The maximum atomic E-state index is 5.39. The van der Waals surface area contributed by atoms with E-state index in [4.69, 9.17) is 4.74 Å². The van der Waals surface area contributed by atoms with E-state index in [1.807, 2.05) is 32.2 Å². The summed E-state index contributed by atoms with van der Waals surface area (Å²) in [5.41, 5.74) is 3.03. The fourth-order valence-corrected chi connectivity index (χ4v) is 1.86. The zero-order valence-electron chi connectivity index (χ0n) is 11.1. The molecule has 0 unspecified atom stereocenters. The van der Waals surface area contributed by atoms with Crippen LogP contribution >= 0.6 is 0 Å². The Bertz CT molecular complexity index is 567. The molecule has 0 aliphatic heterocycles. The fourth-order valence-electron chi connectivity index (χ4n) is 1.86. The molecule has 4 heteroatoms. The van der Waals surface area contributed by atoms with Gasteiger partial charge in [-0.15, -0.1) is 0 Å². The zero-order chi connectivity index (χ0) is 13.1. The third kappa shape index (κ3) is 2.42. The molecular formula is C14H17N3O. The molecule has 0 atom stereocenters. The summed E-state index contributed by atoms with van der Waals surface area (Å²) in [4.78, 5) is 8.76. The minimum absolute atomic E-state index is 0.736. The van der Waals surface area contributed by atoms with Gasteiger partial charge in [-0.25, -0.2) is 9.97 Å². The molecule has 2 rings (SSSR count). The molecule has 0 radical (unpaired) electrons. The van der Waals surface area contributed by atoms with E-state index < -0.39 is 0 Å². The monoisotopic (exact) mass is 243 g/mol. The first-order valence-corrected chi connectivity index (χ1v) is 5.82. The van der Waals surface area contributed by atoms with Gasteiger partial charge in [-0.05, 0) is 26.0 Å². The number of methoxy groups -OCH3 is 1. The summed E-state index contributed by atoms with van der Waals surface area (Å²) in [6, 6.07) is 7.97. The van der Waals surface area contributed by atoms with Crippen molar-refractivity contribution >= 4 is 5.82 Å². The second-order valence-corrected chi connectivity index (χ2v) is 4.14. The molecule has 94 valence electrons. The number of rotatable bonds is 3. The molecule has 0 saturated carbocycles. The van der Waals surface area contributed by atoms with Gasteiger partial charge in [-0.1, -0.05) is 11.6 Å². The number of aryl methyl sites for hydroxylation is 2. The smallest absolute Gasteiger partial charge is 0.130 e. The van der Waals surface area contributed by atoms with Gasteiger partial charge in [0.1, 0.15) is 17.4 Å². The van der Waals surface area contributed by atoms with Gasteiger partial charge < -0.3 is 10.1 Å². The van der Waals surface area contributed by atoms with E-state index >= 15 is 0 Å². The van der Waals surface area contributed by atoms with Gasteiger partial charge in [0.2, 0.25) is 0 Å². The van der Waals surface area contributed by atoms with Crippen LogP contribution in [0.4, 0.5) is 5.82 Å². The second kappa shape index (κ2) is 5.04. The predicted octanol–water partition coefficient (Wildman–Crippen LogP) is 2.81. The van der Waals surface area contributed by atoms with Gasteiger partial charge >= 0.3 is 0 Å². The number of anilines is 1. The Morgan fingerprint density at radius 2 is 1.89 bits per heavy atom. The van der Waals surface area contributed by atoms with Crippen LogP contribution in [0.5, 0.6) is 5.75 Å². The lowest BCUT2D eigenvalue weighted by Gasteiger charge is -2.10. The van der Waals surface area contributed by atoms with Crippen molar-refractivity contribution in [3.8, 4) is 17.0 Å². The van der Waals surface area contributed by atoms with E-state index in [0.717, 1.165) is 28.6 Å². The largest absolute Gasteiger partial charge is 0.496 e. The quantitative estimate of drug-likeness (QED) is 0.900. The van der Waals surface area contributed by atoms with Crippen molar-refractivity contribution < 1.29 is 4.74 Å². The number of hydrogen-bond acceptors (Lipinski definition) is 4. The highest BCUT2D eigenvalue weighted by Gasteiger charge is 2.09. The average molecular weight is 243 g/mol. The van der Waals surface area contributed by atoms with Crippen molar-refractivity contribution in [2.45, 2.75) is 13.8 Å². The Labute approximate surface area is 107 Å². The Kier molecular flexibility index (Phi) is 3.46. The van der Waals surface area contributed by atoms with Crippen LogP contribution < -0.4 is 10.1 Å². The van der Waals surface area contributed by atoms with Crippen LogP contribution in [0.2, 0.25) is 0 Å². The van der Waals surface area contributed by atoms with Crippen LogP contribution in [0.3, 0.4) is 0 Å². The second-order valence-electron chi connectivity index (χ2n) is 4.14. The van der Waals surface area contributed by atoms with Crippen LogP contribution in [0, 0.1) is 13.8 Å². The van der Waals surface area contributed by atoms with Gasteiger partial charge in [0.15, 0.2) is 0 Å². The molecular weight excluding hydrogens is 226 g/mol. The molecule has 0 amide bonds. The molecule has 0 fully saturated rings. The fraction of sp³-hybridized carbons (Fsp3) is 0.286. The zero-order valence-corrected chi connectivity index (χ0v) is 11.1. The van der Waals surface area contributed by atoms with E-state index in [2.05, 4.69) is 28.3 Å². The molecule has 0 saturated heterocycles. The summed E-state index contributed by atoms with van der Waals surface area (Å²) in [6.07, 6.45) is 0.